The van der Waals surface area contributed by atoms with Crippen LogP contribution in [0.5, 0.6) is 0 Å². The average molecular weight is 133 g/mol. The third-order valence-corrected chi connectivity index (χ3v) is 1.46. The molecule has 0 bridgehead atoms. The number of allylic oxidation sites excluding steroid dienone is 6. The molecule has 1 radical (unpaired) electrons. The van der Waals surface area contributed by atoms with Gasteiger partial charge in [-0.25, -0.2) is 0 Å². The molecule has 0 unspecified atom stereocenters. The highest BCUT2D eigenvalue weighted by molar-refractivity contribution is 4.97. The van der Waals surface area contributed by atoms with Crippen LogP contribution in [0.2, 0.25) is 0 Å². The van der Waals surface area contributed by atoms with E-state index in [2.05, 4.69) is 36.5 Å². The van der Waals surface area contributed by atoms with E-state index in [1.165, 1.54) is 0 Å². The molecule has 1 aliphatic rings. The van der Waals surface area contributed by atoms with Gasteiger partial charge in [0.1, 0.15) is 0 Å². The van der Waals surface area contributed by atoms with Crippen molar-refractivity contribution in [2.75, 3.05) is 0 Å². The Morgan fingerprint density at radius 3 is 2.70 bits per heavy atom. The van der Waals surface area contributed by atoms with Crippen molar-refractivity contribution >= 4 is 0 Å². The van der Waals surface area contributed by atoms with Crippen LogP contribution in [0.4, 0.5) is 0 Å². The molecule has 0 aromatic carbocycles. The Bertz CT molecular complexity index is 131. The van der Waals surface area contributed by atoms with Gasteiger partial charge >= 0.3 is 0 Å². The smallest absolute Gasteiger partial charge is 0.0163 e. The van der Waals surface area contributed by atoms with Gasteiger partial charge in [0.05, 0.1) is 0 Å². The van der Waals surface area contributed by atoms with Gasteiger partial charge in [0.15, 0.2) is 0 Å². The van der Waals surface area contributed by atoms with Crippen LogP contribution in [0.3, 0.4) is 0 Å². The van der Waals surface area contributed by atoms with Crippen LogP contribution in [0.25, 0.3) is 0 Å². The van der Waals surface area contributed by atoms with Crippen LogP contribution in [0.15, 0.2) is 30.4 Å². The average Bonchev–Trinajstić information content (AvgIpc) is 2.01. The van der Waals surface area contributed by atoms with E-state index in [-0.39, 0.29) is 0 Å². The van der Waals surface area contributed by atoms with Crippen molar-refractivity contribution in [2.24, 2.45) is 0 Å². The van der Waals surface area contributed by atoms with Gasteiger partial charge in [0.25, 0.3) is 0 Å². The van der Waals surface area contributed by atoms with Gasteiger partial charge < -0.3 is 0 Å². The van der Waals surface area contributed by atoms with Crippen molar-refractivity contribution in [1.82, 2.24) is 0 Å². The van der Waals surface area contributed by atoms with Crippen molar-refractivity contribution in [3.05, 3.63) is 36.5 Å². The molecule has 53 valence electrons. The molecule has 0 spiro atoms. The summed E-state index contributed by atoms with van der Waals surface area (Å²) in [6, 6.07) is 0. The first kappa shape index (κ1) is 7.33. The van der Waals surface area contributed by atoms with Gasteiger partial charge in [-0.15, -0.1) is 0 Å². The van der Waals surface area contributed by atoms with Crippen LogP contribution in [0.1, 0.15) is 25.7 Å². The molecular formula is C10H13. The summed E-state index contributed by atoms with van der Waals surface area (Å²) >= 11 is 0. The Morgan fingerprint density at radius 1 is 0.900 bits per heavy atom. The first-order valence-corrected chi connectivity index (χ1v) is 3.85. The highest BCUT2D eigenvalue weighted by Crippen LogP contribution is 1.99. The normalized spacial score (nSPS) is 28.8. The Balaban J connectivity index is 2.38. The minimum absolute atomic E-state index is 1.05. The summed E-state index contributed by atoms with van der Waals surface area (Å²) in [7, 11) is 0. The van der Waals surface area contributed by atoms with Gasteiger partial charge in [0.2, 0.25) is 0 Å². The highest BCUT2D eigenvalue weighted by atomic mass is 13.9. The summed E-state index contributed by atoms with van der Waals surface area (Å²) in [6.45, 7) is 0. The molecule has 0 saturated heterocycles. The number of rotatable bonds is 0. The maximum Gasteiger partial charge on any atom is -0.0163 e. The highest BCUT2D eigenvalue weighted by Gasteiger charge is 1.79. The summed E-state index contributed by atoms with van der Waals surface area (Å²) < 4.78 is 0. The Kier molecular flexibility index (Phi) is 3.69. The fourth-order valence-corrected chi connectivity index (χ4v) is 0.905. The third kappa shape index (κ3) is 3.29. The molecule has 0 aromatic rings. The molecule has 0 atom stereocenters. The van der Waals surface area contributed by atoms with E-state index in [1.807, 2.05) is 0 Å². The van der Waals surface area contributed by atoms with E-state index in [4.69, 9.17) is 0 Å². The SMILES string of the molecule is [C]1=C\C/C=C/C/C=C\CC/1. The van der Waals surface area contributed by atoms with Crippen molar-refractivity contribution in [3.8, 4) is 0 Å². The van der Waals surface area contributed by atoms with E-state index in [0.717, 1.165) is 25.7 Å². The van der Waals surface area contributed by atoms with Gasteiger partial charge in [-0.05, 0) is 31.8 Å². The van der Waals surface area contributed by atoms with Crippen molar-refractivity contribution in [2.45, 2.75) is 25.7 Å². The fourth-order valence-electron chi connectivity index (χ4n) is 0.905. The van der Waals surface area contributed by atoms with Crippen LogP contribution in [-0.2, 0) is 0 Å². The van der Waals surface area contributed by atoms with Gasteiger partial charge in [-0.1, -0.05) is 30.4 Å². The van der Waals surface area contributed by atoms with Crippen LogP contribution in [0, 0.1) is 6.08 Å². The largest absolute Gasteiger partial charge is 0.0879 e. The van der Waals surface area contributed by atoms with Crippen LogP contribution >= 0.6 is 0 Å². The Morgan fingerprint density at radius 2 is 1.70 bits per heavy atom. The summed E-state index contributed by atoms with van der Waals surface area (Å²) in [5.74, 6) is 0. The van der Waals surface area contributed by atoms with Gasteiger partial charge in [0, 0.05) is 0 Å². The monoisotopic (exact) mass is 133 g/mol. The molecule has 0 amide bonds. The fraction of sp³-hybridized carbons (Fsp3) is 0.400. The van der Waals surface area contributed by atoms with Gasteiger partial charge in [-0.3, -0.25) is 0 Å². The van der Waals surface area contributed by atoms with E-state index in [9.17, 15) is 0 Å². The van der Waals surface area contributed by atoms with E-state index >= 15 is 0 Å². The lowest BCUT2D eigenvalue weighted by Gasteiger charge is -1.89. The predicted molar refractivity (Wildman–Crippen MR) is 44.6 cm³/mol. The lowest BCUT2D eigenvalue weighted by molar-refractivity contribution is 1.01. The minimum atomic E-state index is 1.05. The number of hydrogen-bond donors (Lipinski definition) is 0. The first-order valence-electron chi connectivity index (χ1n) is 3.85. The quantitative estimate of drug-likeness (QED) is 0.445. The van der Waals surface area contributed by atoms with Crippen molar-refractivity contribution < 1.29 is 0 Å². The molecule has 1 rings (SSSR count). The lowest BCUT2D eigenvalue weighted by Crippen LogP contribution is -1.69. The Hall–Kier alpha value is -0.780. The van der Waals surface area contributed by atoms with Gasteiger partial charge in [-0.2, -0.15) is 0 Å². The molecule has 0 fully saturated rings. The lowest BCUT2D eigenvalue weighted by atomic mass is 10.2. The molecular weight excluding hydrogens is 120 g/mol. The molecule has 0 N–H and O–H groups in total. The second-order valence-corrected chi connectivity index (χ2v) is 2.36. The van der Waals surface area contributed by atoms with Crippen LogP contribution in [-0.4, -0.2) is 0 Å². The van der Waals surface area contributed by atoms with E-state index in [1.54, 1.807) is 0 Å². The van der Waals surface area contributed by atoms with E-state index in [0.29, 0.717) is 0 Å². The second-order valence-electron chi connectivity index (χ2n) is 2.36. The molecule has 0 aliphatic heterocycles. The number of hydrogen-bond acceptors (Lipinski definition) is 0. The minimum Gasteiger partial charge on any atom is -0.0879 e. The molecule has 1 aliphatic carbocycles. The first-order chi connectivity index (χ1) is 5.00. The molecule has 0 nitrogen and oxygen atoms in total. The van der Waals surface area contributed by atoms with Crippen molar-refractivity contribution in [1.29, 1.82) is 0 Å². The maximum atomic E-state index is 3.23. The molecule has 10 heavy (non-hydrogen) atoms. The third-order valence-electron chi connectivity index (χ3n) is 1.46. The standard InChI is InChI=1S/C10H13/c1-2-4-6-8-10-9-7-5-3-1/h1-2,5-7H,3-4,9-10H2/b2-1+,7-5-,8-6?. The molecule has 0 aromatic heterocycles. The summed E-state index contributed by atoms with van der Waals surface area (Å²) in [5, 5.41) is 0. The zero-order chi connectivity index (χ0) is 7.07. The molecule has 0 heteroatoms. The van der Waals surface area contributed by atoms with Crippen molar-refractivity contribution in [3.63, 3.8) is 0 Å². The predicted octanol–water partition coefficient (Wildman–Crippen LogP) is 3.03. The van der Waals surface area contributed by atoms with E-state index < -0.39 is 0 Å². The van der Waals surface area contributed by atoms with Crippen LogP contribution < -0.4 is 0 Å². The summed E-state index contributed by atoms with van der Waals surface area (Å²) in [4.78, 5) is 0. The topological polar surface area (TPSA) is 0 Å². The summed E-state index contributed by atoms with van der Waals surface area (Å²) in [5.41, 5.74) is 0. The zero-order valence-corrected chi connectivity index (χ0v) is 6.22. The Labute approximate surface area is 62.9 Å². The molecule has 0 saturated carbocycles. The maximum absolute atomic E-state index is 3.23. The zero-order valence-electron chi connectivity index (χ0n) is 6.22. The second kappa shape index (κ2) is 5.04. The molecule has 0 heterocycles. The summed E-state index contributed by atoms with van der Waals surface area (Å²) in [6.07, 6.45) is 18.5.